The molecule has 0 aliphatic heterocycles. The molecule has 1 amide bonds. The molecule has 5 nitrogen and oxygen atoms in total. The molecule has 0 fully saturated rings. The number of aromatic nitrogens is 1. The van der Waals surface area contributed by atoms with Crippen LogP contribution in [0.3, 0.4) is 0 Å². The van der Waals surface area contributed by atoms with E-state index in [-0.39, 0.29) is 11.7 Å². The quantitative estimate of drug-likeness (QED) is 0.378. The largest absolute Gasteiger partial charge is 0.478 e. The number of nitrogens with zero attached hydrogens (tertiary/aromatic N) is 1. The summed E-state index contributed by atoms with van der Waals surface area (Å²) in [5.74, 6) is 0.0298. The molecule has 2 aromatic carbocycles. The van der Waals surface area contributed by atoms with Crippen molar-refractivity contribution in [3.63, 3.8) is 0 Å². The monoisotopic (exact) mass is 472 g/mol. The maximum atomic E-state index is 12.6. The Morgan fingerprint density at radius 1 is 1.00 bits per heavy atom. The van der Waals surface area contributed by atoms with Crippen molar-refractivity contribution in [2.75, 3.05) is 5.32 Å². The molecule has 0 saturated carbocycles. The van der Waals surface area contributed by atoms with Gasteiger partial charge in [0.1, 0.15) is 10.4 Å². The zero-order valence-electron chi connectivity index (χ0n) is 15.8. The first kappa shape index (κ1) is 21.0. The smallest absolute Gasteiger partial charge is 0.268 e. The van der Waals surface area contributed by atoms with Gasteiger partial charge < -0.3 is 10.1 Å². The summed E-state index contributed by atoms with van der Waals surface area (Å²) in [6.07, 6.45) is 1.62. The summed E-state index contributed by atoms with van der Waals surface area (Å²) >= 11 is 9.16. The molecule has 3 aromatic rings. The molecule has 7 heteroatoms. The Labute approximate surface area is 182 Å². The highest BCUT2D eigenvalue weighted by Crippen LogP contribution is 2.24. The van der Waals surface area contributed by atoms with Crippen LogP contribution in [0.1, 0.15) is 29.8 Å². The maximum Gasteiger partial charge on any atom is 0.268 e. The Kier molecular flexibility index (Phi) is 6.35. The minimum Gasteiger partial charge on any atom is -0.478 e. The number of anilines is 1. The van der Waals surface area contributed by atoms with E-state index >= 15 is 0 Å². The number of carbonyl (C=O) groups excluding carboxylic acids is 2. The summed E-state index contributed by atoms with van der Waals surface area (Å²) in [4.78, 5) is 29.2. The van der Waals surface area contributed by atoms with Gasteiger partial charge in [-0.15, -0.1) is 0 Å². The van der Waals surface area contributed by atoms with Gasteiger partial charge in [-0.3, -0.25) is 9.59 Å². The molecule has 29 heavy (non-hydrogen) atoms. The van der Waals surface area contributed by atoms with E-state index < -0.39 is 5.60 Å². The van der Waals surface area contributed by atoms with Crippen molar-refractivity contribution < 1.29 is 14.3 Å². The van der Waals surface area contributed by atoms with Crippen LogP contribution in [-0.2, 0) is 4.79 Å². The average molecular weight is 474 g/mol. The number of halogens is 2. The molecule has 3 rings (SSSR count). The molecule has 1 heterocycles. The zero-order valence-corrected chi connectivity index (χ0v) is 18.1. The van der Waals surface area contributed by atoms with Crippen molar-refractivity contribution in [3.8, 4) is 5.75 Å². The highest BCUT2D eigenvalue weighted by atomic mass is 79.9. The Morgan fingerprint density at radius 3 is 2.17 bits per heavy atom. The first-order valence-corrected chi connectivity index (χ1v) is 9.95. The van der Waals surface area contributed by atoms with Crippen LogP contribution >= 0.6 is 27.5 Å². The van der Waals surface area contributed by atoms with Crippen LogP contribution in [0.5, 0.6) is 5.75 Å². The van der Waals surface area contributed by atoms with Gasteiger partial charge in [0, 0.05) is 22.3 Å². The molecule has 0 unspecified atom stereocenters. The zero-order chi connectivity index (χ0) is 21.0. The minimum absolute atomic E-state index is 0.119. The predicted octanol–water partition coefficient (Wildman–Crippen LogP) is 5.52. The number of ether oxygens (including phenoxy) is 1. The highest BCUT2D eigenvalue weighted by molar-refractivity contribution is 9.10. The van der Waals surface area contributed by atoms with E-state index in [1.807, 2.05) is 0 Å². The summed E-state index contributed by atoms with van der Waals surface area (Å²) in [5, 5.41) is 3.36. The second-order valence-electron chi connectivity index (χ2n) is 6.77. The van der Waals surface area contributed by atoms with Crippen molar-refractivity contribution in [1.82, 2.24) is 4.98 Å². The van der Waals surface area contributed by atoms with Gasteiger partial charge in [0.15, 0.2) is 11.4 Å². The number of nitrogens with one attached hydrogen (secondary N) is 1. The second-order valence-corrected chi connectivity index (χ2v) is 7.96. The number of carbonyl (C=O) groups is 2. The molecule has 0 bridgehead atoms. The van der Waals surface area contributed by atoms with Crippen molar-refractivity contribution >= 4 is 44.9 Å². The normalized spacial score (nSPS) is 11.0. The minimum atomic E-state index is -1.14. The molecule has 1 aromatic heterocycles. The molecule has 148 valence electrons. The Hall–Kier alpha value is -2.70. The van der Waals surface area contributed by atoms with Gasteiger partial charge in [0.05, 0.1) is 5.69 Å². The molecular formula is C22H18BrClN2O3. The number of ketones is 1. The van der Waals surface area contributed by atoms with Gasteiger partial charge in [-0.2, -0.15) is 0 Å². The maximum absolute atomic E-state index is 12.6. The lowest BCUT2D eigenvalue weighted by Crippen LogP contribution is -2.42. The predicted molar refractivity (Wildman–Crippen MR) is 117 cm³/mol. The number of hydrogen-bond acceptors (Lipinski definition) is 4. The molecule has 0 atom stereocenters. The van der Waals surface area contributed by atoms with Crippen molar-refractivity contribution in [2.45, 2.75) is 19.4 Å². The number of hydrogen-bond donors (Lipinski definition) is 1. The van der Waals surface area contributed by atoms with Gasteiger partial charge in [0.25, 0.3) is 5.91 Å². The van der Waals surface area contributed by atoms with E-state index in [0.717, 1.165) is 0 Å². The fourth-order valence-corrected chi connectivity index (χ4v) is 3.01. The van der Waals surface area contributed by atoms with Crippen LogP contribution in [0, 0.1) is 0 Å². The Morgan fingerprint density at radius 2 is 1.59 bits per heavy atom. The van der Waals surface area contributed by atoms with E-state index in [9.17, 15) is 9.59 Å². The van der Waals surface area contributed by atoms with Crippen LogP contribution in [0.2, 0.25) is 5.02 Å². The number of benzene rings is 2. The van der Waals surface area contributed by atoms with E-state index in [4.69, 9.17) is 16.3 Å². The van der Waals surface area contributed by atoms with Crippen molar-refractivity contribution in [1.29, 1.82) is 0 Å². The number of amides is 1. The number of rotatable bonds is 6. The molecule has 0 saturated heterocycles. The third kappa shape index (κ3) is 5.22. The lowest BCUT2D eigenvalue weighted by Gasteiger charge is -2.25. The fourth-order valence-electron chi connectivity index (χ4n) is 2.54. The van der Waals surface area contributed by atoms with Crippen LogP contribution in [0.4, 0.5) is 5.69 Å². The van der Waals surface area contributed by atoms with Crippen LogP contribution in [-0.4, -0.2) is 22.3 Å². The van der Waals surface area contributed by atoms with Crippen molar-refractivity contribution in [3.05, 3.63) is 87.6 Å². The van der Waals surface area contributed by atoms with E-state index in [1.165, 1.54) is 0 Å². The highest BCUT2D eigenvalue weighted by Gasteiger charge is 2.30. The van der Waals surface area contributed by atoms with Crippen LogP contribution < -0.4 is 10.1 Å². The molecule has 0 aliphatic carbocycles. The molecule has 0 spiro atoms. The average Bonchev–Trinajstić information content (AvgIpc) is 2.70. The standard InChI is InChI=1S/C22H18BrClN2O3/c1-22(2,21(28)26-18-4-3-13-25-20(18)23)29-17-11-7-15(8-12-17)19(27)14-5-9-16(24)10-6-14/h3-13H,1-2H3,(H,26,28). The molecule has 0 radical (unpaired) electrons. The fraction of sp³-hybridized carbons (Fsp3) is 0.136. The van der Waals surface area contributed by atoms with Crippen LogP contribution in [0.15, 0.2) is 71.5 Å². The lowest BCUT2D eigenvalue weighted by molar-refractivity contribution is -0.128. The molecular weight excluding hydrogens is 456 g/mol. The first-order valence-electron chi connectivity index (χ1n) is 8.77. The summed E-state index contributed by atoms with van der Waals surface area (Å²) in [5.41, 5.74) is 0.473. The number of pyridine rings is 1. The summed E-state index contributed by atoms with van der Waals surface area (Å²) in [6, 6.07) is 16.8. The van der Waals surface area contributed by atoms with Gasteiger partial charge in [-0.05, 0) is 90.4 Å². The van der Waals surface area contributed by atoms with Crippen molar-refractivity contribution in [2.24, 2.45) is 0 Å². The summed E-state index contributed by atoms with van der Waals surface area (Å²) in [7, 11) is 0. The van der Waals surface area contributed by atoms with Crippen LogP contribution in [0.25, 0.3) is 0 Å². The Balaban J connectivity index is 1.69. The third-order valence-electron chi connectivity index (χ3n) is 4.15. The van der Waals surface area contributed by atoms with Gasteiger partial charge in [0.2, 0.25) is 0 Å². The third-order valence-corrected chi connectivity index (χ3v) is 5.03. The summed E-state index contributed by atoms with van der Waals surface area (Å²) < 4.78 is 6.39. The first-order chi connectivity index (χ1) is 13.8. The van der Waals surface area contributed by atoms with E-state index in [1.54, 1.807) is 80.7 Å². The lowest BCUT2D eigenvalue weighted by atomic mass is 10.0. The topological polar surface area (TPSA) is 68.3 Å². The van der Waals surface area contributed by atoms with Gasteiger partial charge in [-0.25, -0.2) is 4.98 Å². The SMILES string of the molecule is CC(C)(Oc1ccc(C(=O)c2ccc(Cl)cc2)cc1)C(=O)Nc1cccnc1Br. The van der Waals surface area contributed by atoms with Gasteiger partial charge in [-0.1, -0.05) is 11.6 Å². The Bertz CT molecular complexity index is 1030. The second kappa shape index (κ2) is 8.76. The summed E-state index contributed by atoms with van der Waals surface area (Å²) in [6.45, 7) is 3.33. The van der Waals surface area contributed by atoms with Gasteiger partial charge >= 0.3 is 0 Å². The molecule has 1 N–H and O–H groups in total. The van der Waals surface area contributed by atoms with E-state index in [2.05, 4.69) is 26.2 Å². The molecule has 0 aliphatic rings. The van der Waals surface area contributed by atoms with E-state index in [0.29, 0.717) is 32.2 Å².